The van der Waals surface area contributed by atoms with Crippen LogP contribution in [0.3, 0.4) is 0 Å². The van der Waals surface area contributed by atoms with Crippen molar-refractivity contribution in [1.82, 2.24) is 5.32 Å². The van der Waals surface area contributed by atoms with E-state index >= 15 is 0 Å². The van der Waals surface area contributed by atoms with Crippen LogP contribution in [0.5, 0.6) is 0 Å². The minimum Gasteiger partial charge on any atom is -0.456 e. The summed E-state index contributed by atoms with van der Waals surface area (Å²) in [6.45, 7) is 1.52. The first-order chi connectivity index (χ1) is 9.12. The summed E-state index contributed by atoms with van der Waals surface area (Å²) in [7, 11) is 0. The molecule has 0 radical (unpaired) electrons. The summed E-state index contributed by atoms with van der Waals surface area (Å²) in [4.78, 5) is 10.5. The average Bonchev–Trinajstić information content (AvgIpc) is 2.76. The lowest BCUT2D eigenvalue weighted by atomic mass is 10.0. The minimum absolute atomic E-state index is 0.475. The predicted molar refractivity (Wildman–Crippen MR) is 72.5 cm³/mol. The van der Waals surface area contributed by atoms with Gasteiger partial charge in [0.2, 0.25) is 6.41 Å². The number of nitrogens with one attached hydrogen (secondary N) is 1. The van der Waals surface area contributed by atoms with Gasteiger partial charge in [-0.3, -0.25) is 4.79 Å². The summed E-state index contributed by atoms with van der Waals surface area (Å²) in [6.07, 6.45) is 0.475. The lowest BCUT2D eigenvalue weighted by Crippen LogP contribution is -2.38. The van der Waals surface area contributed by atoms with E-state index in [4.69, 9.17) is 4.42 Å². The van der Waals surface area contributed by atoms with Gasteiger partial charge in [0.15, 0.2) is 5.72 Å². The van der Waals surface area contributed by atoms with Crippen molar-refractivity contribution >= 4 is 28.3 Å². The highest BCUT2D eigenvalue weighted by atomic mass is 16.3. The van der Waals surface area contributed by atoms with Crippen LogP contribution in [0.15, 0.2) is 46.9 Å². The van der Waals surface area contributed by atoms with Gasteiger partial charge in [0.25, 0.3) is 0 Å². The van der Waals surface area contributed by atoms with Crippen LogP contribution in [0.1, 0.15) is 12.5 Å². The molecule has 1 aromatic heterocycles. The van der Waals surface area contributed by atoms with Gasteiger partial charge >= 0.3 is 0 Å². The number of fused-ring (bicyclic) bond motifs is 3. The third kappa shape index (κ3) is 1.86. The van der Waals surface area contributed by atoms with E-state index in [1.807, 2.05) is 30.3 Å². The van der Waals surface area contributed by atoms with Gasteiger partial charge in [-0.2, -0.15) is 0 Å². The number of para-hydroxylation sites is 1. The van der Waals surface area contributed by atoms with Crippen LogP contribution in [0.4, 0.5) is 0 Å². The number of rotatable bonds is 3. The van der Waals surface area contributed by atoms with Crippen LogP contribution in [0, 0.1) is 0 Å². The summed E-state index contributed by atoms with van der Waals surface area (Å²) in [5, 5.41) is 14.5. The molecule has 19 heavy (non-hydrogen) atoms. The molecule has 0 aliphatic rings. The van der Waals surface area contributed by atoms with Crippen molar-refractivity contribution in [2.45, 2.75) is 12.6 Å². The number of carbonyl (C=O) groups excluding carboxylic acids is 1. The van der Waals surface area contributed by atoms with Gasteiger partial charge in [0.1, 0.15) is 11.2 Å². The monoisotopic (exact) mass is 255 g/mol. The average molecular weight is 255 g/mol. The number of benzene rings is 2. The first-order valence-electron chi connectivity index (χ1n) is 5.97. The molecule has 1 heterocycles. The van der Waals surface area contributed by atoms with Gasteiger partial charge in [-0.1, -0.05) is 30.3 Å². The molecule has 0 fully saturated rings. The van der Waals surface area contributed by atoms with Crippen molar-refractivity contribution in [1.29, 1.82) is 0 Å². The molecular formula is C15H13NO3. The van der Waals surface area contributed by atoms with Gasteiger partial charge < -0.3 is 14.8 Å². The summed E-state index contributed by atoms with van der Waals surface area (Å²) in [5.74, 6) is 0. The highest BCUT2D eigenvalue weighted by molar-refractivity contribution is 6.04. The summed E-state index contributed by atoms with van der Waals surface area (Å²) >= 11 is 0. The van der Waals surface area contributed by atoms with E-state index in [0.717, 1.165) is 16.4 Å². The van der Waals surface area contributed by atoms with Crippen molar-refractivity contribution < 1.29 is 14.3 Å². The second-order valence-corrected chi connectivity index (χ2v) is 4.64. The van der Waals surface area contributed by atoms with Crippen molar-refractivity contribution in [3.8, 4) is 0 Å². The normalized spacial score (nSPS) is 14.4. The maximum absolute atomic E-state index is 10.5. The Hall–Kier alpha value is -2.33. The number of hydrogen-bond acceptors (Lipinski definition) is 3. The van der Waals surface area contributed by atoms with Crippen molar-refractivity contribution in [2.24, 2.45) is 0 Å². The van der Waals surface area contributed by atoms with E-state index in [9.17, 15) is 9.90 Å². The Morgan fingerprint density at radius 1 is 1.16 bits per heavy atom. The Morgan fingerprint density at radius 3 is 2.68 bits per heavy atom. The number of carbonyl (C=O) groups is 1. The van der Waals surface area contributed by atoms with E-state index < -0.39 is 5.72 Å². The van der Waals surface area contributed by atoms with Crippen molar-refractivity contribution in [3.63, 3.8) is 0 Å². The molecule has 3 aromatic rings. The van der Waals surface area contributed by atoms with Crippen LogP contribution in [-0.4, -0.2) is 11.5 Å². The standard InChI is InChI=1S/C15H13NO3/c1-15(18,16-9-17)10-6-7-12-11-4-2-3-5-13(11)19-14(12)8-10/h2-9,18H,1H3,(H,16,17). The molecule has 0 spiro atoms. The summed E-state index contributed by atoms with van der Waals surface area (Å²) in [6, 6.07) is 13.2. The fourth-order valence-corrected chi connectivity index (χ4v) is 2.23. The molecule has 1 atom stereocenters. The second kappa shape index (κ2) is 4.10. The lowest BCUT2D eigenvalue weighted by Gasteiger charge is -2.22. The Morgan fingerprint density at radius 2 is 1.89 bits per heavy atom. The van der Waals surface area contributed by atoms with Crippen LogP contribution in [-0.2, 0) is 10.5 Å². The lowest BCUT2D eigenvalue weighted by molar-refractivity contribution is -0.116. The fourth-order valence-electron chi connectivity index (χ4n) is 2.23. The molecule has 2 N–H and O–H groups in total. The van der Waals surface area contributed by atoms with Gasteiger partial charge in [-0.15, -0.1) is 0 Å². The SMILES string of the molecule is CC(O)(NC=O)c1ccc2c(c1)oc1ccccc12. The molecule has 0 saturated heterocycles. The maximum Gasteiger partial charge on any atom is 0.209 e. The number of hydrogen-bond donors (Lipinski definition) is 2. The Balaban J connectivity index is 2.21. The topological polar surface area (TPSA) is 62.5 Å². The molecule has 4 heteroatoms. The van der Waals surface area contributed by atoms with E-state index in [-0.39, 0.29) is 0 Å². The van der Waals surface area contributed by atoms with E-state index in [0.29, 0.717) is 17.6 Å². The van der Waals surface area contributed by atoms with Crippen LogP contribution < -0.4 is 5.32 Å². The van der Waals surface area contributed by atoms with Gasteiger partial charge in [0, 0.05) is 16.3 Å². The van der Waals surface area contributed by atoms with Gasteiger partial charge in [-0.05, 0) is 19.1 Å². The Labute approximate surface area is 109 Å². The van der Waals surface area contributed by atoms with Crippen LogP contribution >= 0.6 is 0 Å². The third-order valence-electron chi connectivity index (χ3n) is 3.28. The van der Waals surface area contributed by atoms with Crippen molar-refractivity contribution in [2.75, 3.05) is 0 Å². The zero-order chi connectivity index (χ0) is 13.5. The second-order valence-electron chi connectivity index (χ2n) is 4.64. The van der Waals surface area contributed by atoms with E-state index in [1.165, 1.54) is 6.92 Å². The molecule has 96 valence electrons. The minimum atomic E-state index is -1.41. The van der Waals surface area contributed by atoms with Gasteiger partial charge in [-0.25, -0.2) is 0 Å². The zero-order valence-electron chi connectivity index (χ0n) is 10.4. The predicted octanol–water partition coefficient (Wildman–Crippen LogP) is 2.50. The Kier molecular flexibility index (Phi) is 2.54. The molecule has 3 rings (SSSR count). The number of furan rings is 1. The maximum atomic E-state index is 10.5. The first-order valence-corrected chi connectivity index (χ1v) is 5.97. The summed E-state index contributed by atoms with van der Waals surface area (Å²) < 4.78 is 5.74. The number of amides is 1. The molecule has 1 unspecified atom stereocenters. The molecule has 4 nitrogen and oxygen atoms in total. The molecule has 0 aliphatic heterocycles. The Bertz CT molecular complexity index is 758. The molecule has 0 bridgehead atoms. The highest BCUT2D eigenvalue weighted by Crippen LogP contribution is 2.31. The smallest absolute Gasteiger partial charge is 0.209 e. The largest absolute Gasteiger partial charge is 0.456 e. The van der Waals surface area contributed by atoms with Gasteiger partial charge in [0.05, 0.1) is 0 Å². The van der Waals surface area contributed by atoms with Crippen molar-refractivity contribution in [3.05, 3.63) is 48.0 Å². The third-order valence-corrected chi connectivity index (χ3v) is 3.28. The summed E-state index contributed by atoms with van der Waals surface area (Å²) in [5.41, 5.74) is 0.657. The molecule has 0 saturated carbocycles. The molecule has 0 aliphatic carbocycles. The van der Waals surface area contributed by atoms with E-state index in [2.05, 4.69) is 5.32 Å². The highest BCUT2D eigenvalue weighted by Gasteiger charge is 2.22. The molecule has 2 aromatic carbocycles. The van der Waals surface area contributed by atoms with Crippen LogP contribution in [0.25, 0.3) is 21.9 Å². The first kappa shape index (κ1) is 11.7. The quantitative estimate of drug-likeness (QED) is 0.558. The zero-order valence-corrected chi connectivity index (χ0v) is 10.4. The molecular weight excluding hydrogens is 242 g/mol. The molecule has 1 amide bonds. The van der Waals surface area contributed by atoms with E-state index in [1.54, 1.807) is 12.1 Å². The number of aliphatic hydroxyl groups is 1. The van der Waals surface area contributed by atoms with Crippen LogP contribution in [0.2, 0.25) is 0 Å². The fraction of sp³-hybridized carbons (Fsp3) is 0.133.